The van der Waals surface area contributed by atoms with Crippen LogP contribution in [0, 0.1) is 9.39 Å². The fourth-order valence-corrected chi connectivity index (χ4v) is 2.05. The first-order chi connectivity index (χ1) is 4.61. The van der Waals surface area contributed by atoms with E-state index in [9.17, 15) is 4.39 Å². The third-order valence-corrected chi connectivity index (χ3v) is 3.86. The largest absolute Gasteiger partial charge is 0.206 e. The molecule has 0 heterocycles. The Morgan fingerprint density at radius 2 is 1.80 bits per heavy atom. The van der Waals surface area contributed by atoms with E-state index >= 15 is 0 Å². The number of hydrogen-bond donors (Lipinski definition) is 0. The van der Waals surface area contributed by atoms with Crippen molar-refractivity contribution in [1.82, 2.24) is 0 Å². The minimum absolute atomic E-state index is 0.243. The van der Waals surface area contributed by atoms with E-state index in [4.69, 9.17) is 0 Å². The molecule has 0 aliphatic carbocycles. The highest BCUT2D eigenvalue weighted by atomic mass is 127. The molecule has 10 heavy (non-hydrogen) atoms. The van der Waals surface area contributed by atoms with Crippen LogP contribution in [0.15, 0.2) is 21.1 Å². The SMILES string of the molecule is Fc1cc(Br)c(I)cc1Br. The first-order valence-corrected chi connectivity index (χ1v) is 5.08. The van der Waals surface area contributed by atoms with Gasteiger partial charge in [0.05, 0.1) is 4.47 Å². The van der Waals surface area contributed by atoms with Crippen LogP contribution in [0.2, 0.25) is 0 Å². The summed E-state index contributed by atoms with van der Waals surface area (Å²) in [6.45, 7) is 0. The average molecular weight is 380 g/mol. The van der Waals surface area contributed by atoms with Gasteiger partial charge in [-0.3, -0.25) is 0 Å². The maximum absolute atomic E-state index is 12.7. The lowest BCUT2D eigenvalue weighted by Gasteiger charge is -1.97. The molecule has 0 bridgehead atoms. The molecule has 0 spiro atoms. The molecule has 0 saturated carbocycles. The molecular weight excluding hydrogens is 378 g/mol. The van der Waals surface area contributed by atoms with Gasteiger partial charge in [-0.05, 0) is 66.6 Å². The topological polar surface area (TPSA) is 0 Å². The molecule has 0 aromatic heterocycles. The van der Waals surface area contributed by atoms with Crippen LogP contribution in [-0.4, -0.2) is 0 Å². The van der Waals surface area contributed by atoms with E-state index in [2.05, 4.69) is 54.5 Å². The molecule has 0 aliphatic heterocycles. The lowest BCUT2D eigenvalue weighted by molar-refractivity contribution is 0.620. The molecule has 0 aliphatic rings. The monoisotopic (exact) mass is 378 g/mol. The van der Waals surface area contributed by atoms with Crippen LogP contribution in [0.3, 0.4) is 0 Å². The standard InChI is InChI=1S/C6H2Br2FI/c7-3-2-6(10)4(8)1-5(3)9/h1-2H. The van der Waals surface area contributed by atoms with Crippen molar-refractivity contribution in [2.45, 2.75) is 0 Å². The lowest BCUT2D eigenvalue weighted by Crippen LogP contribution is -1.80. The molecule has 1 aromatic rings. The third-order valence-electron chi connectivity index (χ3n) is 0.963. The van der Waals surface area contributed by atoms with Crippen molar-refractivity contribution < 1.29 is 4.39 Å². The van der Waals surface area contributed by atoms with Crippen molar-refractivity contribution in [2.24, 2.45) is 0 Å². The van der Waals surface area contributed by atoms with Crippen LogP contribution in [0.25, 0.3) is 0 Å². The van der Waals surface area contributed by atoms with Gasteiger partial charge in [-0.15, -0.1) is 0 Å². The molecule has 0 saturated heterocycles. The molecule has 0 unspecified atom stereocenters. The van der Waals surface area contributed by atoms with Gasteiger partial charge in [0.15, 0.2) is 0 Å². The number of rotatable bonds is 0. The molecule has 54 valence electrons. The van der Waals surface area contributed by atoms with Crippen LogP contribution in [0.5, 0.6) is 0 Å². The quantitative estimate of drug-likeness (QED) is 0.473. The van der Waals surface area contributed by atoms with E-state index in [1.807, 2.05) is 0 Å². The van der Waals surface area contributed by atoms with Crippen molar-refractivity contribution >= 4 is 54.5 Å². The van der Waals surface area contributed by atoms with Gasteiger partial charge in [-0.25, -0.2) is 4.39 Å². The van der Waals surface area contributed by atoms with Crippen LogP contribution in [-0.2, 0) is 0 Å². The van der Waals surface area contributed by atoms with Gasteiger partial charge in [-0.1, -0.05) is 0 Å². The zero-order valence-electron chi connectivity index (χ0n) is 4.67. The summed E-state index contributed by atoms with van der Waals surface area (Å²) in [5, 5.41) is 0. The third kappa shape index (κ3) is 1.92. The number of hydrogen-bond acceptors (Lipinski definition) is 0. The van der Waals surface area contributed by atoms with Crippen LogP contribution in [0.1, 0.15) is 0 Å². The summed E-state index contributed by atoms with van der Waals surface area (Å²) in [6.07, 6.45) is 0. The highest BCUT2D eigenvalue weighted by Crippen LogP contribution is 2.25. The Hall–Kier alpha value is 0.840. The molecule has 0 atom stereocenters. The fraction of sp³-hybridized carbons (Fsp3) is 0. The van der Waals surface area contributed by atoms with Crippen LogP contribution in [0.4, 0.5) is 4.39 Å². The molecule has 0 nitrogen and oxygen atoms in total. The maximum atomic E-state index is 12.7. The first-order valence-electron chi connectivity index (χ1n) is 2.41. The van der Waals surface area contributed by atoms with E-state index in [1.165, 1.54) is 6.07 Å². The maximum Gasteiger partial charge on any atom is 0.138 e. The predicted octanol–water partition coefficient (Wildman–Crippen LogP) is 3.96. The minimum Gasteiger partial charge on any atom is -0.206 e. The molecule has 0 fully saturated rings. The van der Waals surface area contributed by atoms with Gasteiger partial charge in [0.2, 0.25) is 0 Å². The Morgan fingerprint density at radius 1 is 1.20 bits per heavy atom. The van der Waals surface area contributed by atoms with Crippen LogP contribution >= 0.6 is 54.5 Å². The zero-order chi connectivity index (χ0) is 7.72. The molecule has 4 heteroatoms. The molecular formula is C6H2Br2FI. The summed E-state index contributed by atoms with van der Waals surface area (Å²) in [4.78, 5) is 0. The lowest BCUT2D eigenvalue weighted by atomic mass is 10.4. The van der Waals surface area contributed by atoms with Gasteiger partial charge >= 0.3 is 0 Å². The normalized spacial score (nSPS) is 10.0. The Bertz CT molecular complexity index is 212. The zero-order valence-corrected chi connectivity index (χ0v) is 10.00. The summed E-state index contributed by atoms with van der Waals surface area (Å²) < 4.78 is 15.0. The Balaban J connectivity index is 3.28. The van der Waals surface area contributed by atoms with Gasteiger partial charge in [0.25, 0.3) is 0 Å². The Labute approximate surface area is 88.6 Å². The highest BCUT2D eigenvalue weighted by Gasteiger charge is 2.02. The van der Waals surface area contributed by atoms with E-state index in [1.54, 1.807) is 6.07 Å². The summed E-state index contributed by atoms with van der Waals surface area (Å²) in [5.41, 5.74) is 0. The van der Waals surface area contributed by atoms with Crippen molar-refractivity contribution in [3.05, 3.63) is 30.5 Å². The number of benzene rings is 1. The van der Waals surface area contributed by atoms with Crippen molar-refractivity contribution in [3.63, 3.8) is 0 Å². The minimum atomic E-state index is -0.243. The highest BCUT2D eigenvalue weighted by molar-refractivity contribution is 14.1. The predicted molar refractivity (Wildman–Crippen MR) is 54.5 cm³/mol. The van der Waals surface area contributed by atoms with E-state index in [-0.39, 0.29) is 5.82 Å². The second-order valence-electron chi connectivity index (χ2n) is 1.68. The molecule has 1 aromatic carbocycles. The van der Waals surface area contributed by atoms with Crippen molar-refractivity contribution in [3.8, 4) is 0 Å². The second kappa shape index (κ2) is 3.49. The second-order valence-corrected chi connectivity index (χ2v) is 4.55. The van der Waals surface area contributed by atoms with Crippen molar-refractivity contribution in [2.75, 3.05) is 0 Å². The Kier molecular flexibility index (Phi) is 3.12. The molecule has 0 N–H and O–H groups in total. The summed E-state index contributed by atoms with van der Waals surface area (Å²) in [6, 6.07) is 3.16. The van der Waals surface area contributed by atoms with E-state index in [0.29, 0.717) is 4.47 Å². The van der Waals surface area contributed by atoms with Gasteiger partial charge in [0, 0.05) is 8.04 Å². The summed E-state index contributed by atoms with van der Waals surface area (Å²) >= 11 is 8.41. The molecule has 1 rings (SSSR count). The van der Waals surface area contributed by atoms with Gasteiger partial charge < -0.3 is 0 Å². The molecule has 0 amide bonds. The summed E-state index contributed by atoms with van der Waals surface area (Å²) in [5.74, 6) is -0.243. The van der Waals surface area contributed by atoms with E-state index < -0.39 is 0 Å². The number of halogens is 4. The van der Waals surface area contributed by atoms with Crippen molar-refractivity contribution in [1.29, 1.82) is 0 Å². The smallest absolute Gasteiger partial charge is 0.138 e. The summed E-state index contributed by atoms with van der Waals surface area (Å²) in [7, 11) is 0. The van der Waals surface area contributed by atoms with Gasteiger partial charge in [0.1, 0.15) is 5.82 Å². The van der Waals surface area contributed by atoms with Crippen LogP contribution < -0.4 is 0 Å². The van der Waals surface area contributed by atoms with E-state index in [0.717, 1.165) is 8.04 Å². The van der Waals surface area contributed by atoms with Gasteiger partial charge in [-0.2, -0.15) is 0 Å². The average Bonchev–Trinajstić information content (AvgIpc) is 1.84. The fourth-order valence-electron chi connectivity index (χ4n) is 0.498. The first kappa shape index (κ1) is 8.93. The Morgan fingerprint density at radius 3 is 2.30 bits per heavy atom. The molecule has 0 radical (unpaired) electrons.